The smallest absolute Gasteiger partial charge is 0.207 e. The van der Waals surface area contributed by atoms with Gasteiger partial charge in [0.1, 0.15) is 47.1 Å². The zero-order chi connectivity index (χ0) is 50.0. The molecule has 0 aliphatic rings. The maximum atomic E-state index is 14.9. The molecule has 0 aliphatic heterocycles. The third kappa shape index (κ3) is 14.1. The van der Waals surface area contributed by atoms with Crippen molar-refractivity contribution in [1.29, 1.82) is 5.26 Å². The van der Waals surface area contributed by atoms with Crippen LogP contribution in [0.25, 0.3) is 21.8 Å². The second-order valence-corrected chi connectivity index (χ2v) is 16.4. The molecular weight excluding hydrogens is 935 g/mol. The van der Waals surface area contributed by atoms with E-state index in [1.54, 1.807) is 82.4 Å². The van der Waals surface area contributed by atoms with Crippen molar-refractivity contribution in [2.24, 2.45) is 0 Å². The quantitative estimate of drug-likeness (QED) is 0.0469. The Labute approximate surface area is 412 Å². The molecule has 2 aromatic heterocycles. The van der Waals surface area contributed by atoms with Crippen LogP contribution in [0.1, 0.15) is 23.1 Å². The van der Waals surface area contributed by atoms with Gasteiger partial charge in [0.15, 0.2) is 23.0 Å². The van der Waals surface area contributed by atoms with Gasteiger partial charge in [-0.2, -0.15) is 5.26 Å². The van der Waals surface area contributed by atoms with Crippen molar-refractivity contribution in [2.45, 2.75) is 25.7 Å². The van der Waals surface area contributed by atoms with Crippen LogP contribution in [0.15, 0.2) is 134 Å². The fraction of sp³-hybridized carbons (Fsp3) is 0.154. The number of nitrogen functional groups attached to an aromatic ring is 1. The molecule has 0 aliphatic carbocycles. The van der Waals surface area contributed by atoms with Crippen LogP contribution < -0.4 is 35.3 Å². The number of fused-ring (bicyclic) bond motifs is 2. The second kappa shape index (κ2) is 25.2. The minimum absolute atomic E-state index is 0.0441. The highest BCUT2D eigenvalue weighted by Crippen LogP contribution is 2.36. The standard InChI is InChI=1S/C27H24FN3O3S.C16H15FN4O2.C9H7NOS/c1-33-25-14-21-24(15-26(25)34-2)29-16-30-27(21)31-23-9-8-18(12-22(23)28)11-20(35)13-19(32)10-17-6-4-3-5-7-17;1-22-14-6-10-13(7-15(14)23-2)19-8-20-16(10)21-12-4-3-9(18)5-11(12)17;10-7-12-9(11)6-8-4-2-1-3-5-8/h3-9,12,14-16H,10-11,13H2,1-2H3,(H,29,30,31);3-8H,18H2,1-2H3,(H,19,20,21);1-5H,6H2. The highest BCUT2D eigenvalue weighted by molar-refractivity contribution is 8.17. The van der Waals surface area contributed by atoms with Crippen LogP contribution in [-0.4, -0.2) is 64.1 Å². The number of rotatable bonds is 16. The number of ketones is 1. The molecule has 0 spiro atoms. The number of nitrogens with one attached hydrogen (secondary N) is 2. The second-order valence-electron chi connectivity index (χ2n) is 15.0. The number of Topliss-reactive ketones (excluding diaryl/α,β-unsaturated/α-hetero) is 1. The van der Waals surface area contributed by atoms with Gasteiger partial charge in [0.2, 0.25) is 5.12 Å². The number of hydrogen-bond donors (Lipinski definition) is 3. The van der Waals surface area contributed by atoms with Gasteiger partial charge in [0.25, 0.3) is 0 Å². The van der Waals surface area contributed by atoms with E-state index in [1.165, 1.54) is 24.8 Å². The van der Waals surface area contributed by atoms with E-state index in [9.17, 15) is 18.4 Å². The number of anilines is 5. The summed E-state index contributed by atoms with van der Waals surface area (Å²) in [5.41, 5.74) is 10.3. The van der Waals surface area contributed by atoms with Crippen molar-refractivity contribution in [2.75, 3.05) is 44.8 Å². The van der Waals surface area contributed by atoms with E-state index in [4.69, 9.17) is 42.2 Å². The van der Waals surface area contributed by atoms with E-state index in [0.29, 0.717) is 104 Å². The maximum Gasteiger partial charge on any atom is 0.207 e. The van der Waals surface area contributed by atoms with Gasteiger partial charge in [-0.3, -0.25) is 9.59 Å². The molecule has 0 saturated carbocycles. The Morgan fingerprint density at radius 2 is 1.09 bits per heavy atom. The van der Waals surface area contributed by atoms with Crippen molar-refractivity contribution in [3.05, 3.63) is 162 Å². The number of halogens is 2. The molecule has 8 aromatic rings. The molecule has 0 atom stereocenters. The fourth-order valence-corrected chi connectivity index (χ4v) is 7.54. The van der Waals surface area contributed by atoms with Gasteiger partial charge < -0.3 is 35.3 Å². The normalized spacial score (nSPS) is 10.4. The average Bonchev–Trinajstić information content (AvgIpc) is 3.36. The average molecular weight is 981 g/mol. The number of hydrogen-bond acceptors (Lipinski definition) is 16. The number of aromatic nitrogens is 4. The number of thiocyanates is 1. The highest BCUT2D eigenvalue weighted by atomic mass is 32.2. The number of ether oxygens (including phenoxy) is 4. The van der Waals surface area contributed by atoms with E-state index >= 15 is 0 Å². The van der Waals surface area contributed by atoms with Crippen LogP contribution in [0, 0.1) is 22.3 Å². The van der Waals surface area contributed by atoms with Crippen LogP contribution in [-0.2, 0) is 28.9 Å². The maximum absolute atomic E-state index is 14.9. The van der Waals surface area contributed by atoms with E-state index in [1.807, 2.05) is 60.7 Å². The van der Waals surface area contributed by atoms with Crippen LogP contribution in [0.2, 0.25) is 0 Å². The van der Waals surface area contributed by atoms with Crippen molar-refractivity contribution in [3.8, 4) is 28.4 Å². The van der Waals surface area contributed by atoms with Crippen molar-refractivity contribution < 1.29 is 37.3 Å². The van der Waals surface area contributed by atoms with Crippen LogP contribution in [0.5, 0.6) is 23.0 Å². The molecule has 6 aromatic carbocycles. The lowest BCUT2D eigenvalue weighted by molar-refractivity contribution is -0.117. The Bertz CT molecular complexity index is 3160. The van der Waals surface area contributed by atoms with Gasteiger partial charge in [-0.1, -0.05) is 78.9 Å². The summed E-state index contributed by atoms with van der Waals surface area (Å²) in [4.78, 5) is 40.8. The van der Waals surface area contributed by atoms with Crippen LogP contribution in [0.3, 0.4) is 0 Å². The molecule has 0 radical (unpaired) electrons. The first-order chi connectivity index (χ1) is 33.9. The summed E-state index contributed by atoms with van der Waals surface area (Å²) in [5, 5.41) is 17.2. The summed E-state index contributed by atoms with van der Waals surface area (Å²) in [5.74, 6) is 2.18. The number of carbonyl (C=O) groups excluding carboxylic acids is 2. The molecule has 18 heteroatoms. The van der Waals surface area contributed by atoms with Gasteiger partial charge >= 0.3 is 0 Å². The summed E-state index contributed by atoms with van der Waals surface area (Å²) in [6.45, 7) is 0. The Morgan fingerprint density at radius 1 is 0.614 bits per heavy atom. The zero-order valence-electron chi connectivity index (χ0n) is 38.4. The highest BCUT2D eigenvalue weighted by Gasteiger charge is 2.16. The molecule has 8 rings (SSSR count). The van der Waals surface area contributed by atoms with Gasteiger partial charge in [-0.15, -0.1) is 0 Å². The molecular formula is C52H46F2N8O6S2. The van der Waals surface area contributed by atoms with Crippen molar-refractivity contribution in [3.63, 3.8) is 0 Å². The van der Waals surface area contributed by atoms with Gasteiger partial charge in [-0.05, 0) is 59.2 Å². The Balaban J connectivity index is 0.000000195. The number of thioether (sulfide) groups is 1. The van der Waals surface area contributed by atoms with Crippen molar-refractivity contribution in [1.82, 2.24) is 19.9 Å². The van der Waals surface area contributed by atoms with Crippen LogP contribution in [0.4, 0.5) is 37.5 Å². The Hall–Kier alpha value is -8.27. The molecule has 0 bridgehead atoms. The lowest BCUT2D eigenvalue weighted by Gasteiger charge is -2.13. The number of nitriles is 1. The van der Waals surface area contributed by atoms with Gasteiger partial charge in [-0.25, -0.2) is 28.7 Å². The molecule has 0 saturated heterocycles. The van der Waals surface area contributed by atoms with E-state index < -0.39 is 11.6 Å². The summed E-state index contributed by atoms with van der Waals surface area (Å²) < 4.78 is 50.1. The number of benzene rings is 6. The molecule has 14 nitrogen and oxygen atoms in total. The summed E-state index contributed by atoms with van der Waals surface area (Å²) in [7, 11) is 6.18. The molecule has 70 heavy (non-hydrogen) atoms. The predicted molar refractivity (Wildman–Crippen MR) is 273 cm³/mol. The lowest BCUT2D eigenvalue weighted by atomic mass is 10.0. The van der Waals surface area contributed by atoms with E-state index in [2.05, 4.69) is 30.6 Å². The fourth-order valence-electron chi connectivity index (χ4n) is 6.87. The minimum atomic E-state index is -0.461. The molecule has 0 unspecified atom stereocenters. The molecule has 4 N–H and O–H groups in total. The number of nitrogens with zero attached hydrogens (tertiary/aromatic N) is 5. The predicted octanol–water partition coefficient (Wildman–Crippen LogP) is 10.7. The Morgan fingerprint density at radius 3 is 1.56 bits per heavy atom. The molecule has 2 heterocycles. The van der Waals surface area contributed by atoms with Crippen molar-refractivity contribution >= 4 is 90.2 Å². The summed E-state index contributed by atoms with van der Waals surface area (Å²) in [6, 6.07) is 35.1. The largest absolute Gasteiger partial charge is 0.493 e. The monoisotopic (exact) mass is 980 g/mol. The number of thiocarbonyl (C=S) groups is 1. The van der Waals surface area contributed by atoms with E-state index in [0.717, 1.165) is 11.1 Å². The summed E-state index contributed by atoms with van der Waals surface area (Å²) >= 11 is 6.10. The molecule has 0 fully saturated rings. The van der Waals surface area contributed by atoms with Gasteiger partial charge in [0.05, 0.1) is 50.8 Å². The first-order valence-corrected chi connectivity index (χ1v) is 22.4. The zero-order valence-corrected chi connectivity index (χ0v) is 40.0. The number of methoxy groups -OCH3 is 4. The van der Waals surface area contributed by atoms with E-state index in [-0.39, 0.29) is 28.7 Å². The summed E-state index contributed by atoms with van der Waals surface area (Å²) in [6.07, 6.45) is 3.99. The first kappa shape index (κ1) is 51.1. The number of carbonyl (C=O) groups is 2. The number of nitrogens with two attached hydrogens (primary N) is 1. The third-order valence-corrected chi connectivity index (χ3v) is 11.0. The van der Waals surface area contributed by atoms with Gasteiger partial charge in [0, 0.05) is 70.9 Å². The minimum Gasteiger partial charge on any atom is -0.493 e. The molecule has 0 amide bonds. The SMILES string of the molecule is COc1cc2ncnc(Nc3ccc(CC(=S)CC(=O)Cc4ccccc4)cc3F)c2cc1OC.COc1cc2ncnc(Nc3ccc(N)cc3F)c2cc1OC.N#CSC(=O)Cc1ccccc1. The van der Waals surface area contributed by atoms with Crippen LogP contribution >= 0.6 is 24.0 Å². The molecule has 356 valence electrons. The lowest BCUT2D eigenvalue weighted by Crippen LogP contribution is -2.11. The Kier molecular flexibility index (Phi) is 18.4. The topological polar surface area (TPSA) is 196 Å². The first-order valence-electron chi connectivity index (χ1n) is 21.2. The third-order valence-electron chi connectivity index (χ3n) is 10.2.